The van der Waals surface area contributed by atoms with Crippen molar-refractivity contribution in [3.63, 3.8) is 0 Å². The molecular formula is C15H25ClN2O. The van der Waals surface area contributed by atoms with Crippen molar-refractivity contribution in [2.75, 3.05) is 5.73 Å². The number of nitrogens with one attached hydrogen (secondary N) is 1. The third kappa shape index (κ3) is 5.97. The van der Waals surface area contributed by atoms with E-state index in [1.807, 2.05) is 24.3 Å². The minimum Gasteiger partial charge on any atom is -0.399 e. The van der Waals surface area contributed by atoms with Gasteiger partial charge in [0.05, 0.1) is 0 Å². The van der Waals surface area contributed by atoms with Gasteiger partial charge in [-0.05, 0) is 30.9 Å². The Bertz CT molecular complexity index is 395. The second-order valence-electron chi connectivity index (χ2n) is 4.94. The lowest BCUT2D eigenvalue weighted by Crippen LogP contribution is -2.37. The third-order valence-electron chi connectivity index (χ3n) is 3.56. The van der Waals surface area contributed by atoms with E-state index in [0.29, 0.717) is 18.8 Å². The van der Waals surface area contributed by atoms with Gasteiger partial charge in [-0.2, -0.15) is 0 Å². The Morgan fingerprint density at radius 1 is 1.32 bits per heavy atom. The van der Waals surface area contributed by atoms with E-state index >= 15 is 0 Å². The minimum absolute atomic E-state index is 0. The number of carbonyl (C=O) groups is 1. The smallest absolute Gasteiger partial charge is 0.220 e. The maximum atomic E-state index is 11.8. The number of carbonyl (C=O) groups excluding carboxylic acids is 1. The Morgan fingerprint density at radius 3 is 2.53 bits per heavy atom. The summed E-state index contributed by atoms with van der Waals surface area (Å²) < 4.78 is 0. The summed E-state index contributed by atoms with van der Waals surface area (Å²) in [6.45, 7) is 6.35. The molecule has 0 heterocycles. The van der Waals surface area contributed by atoms with Crippen LogP contribution in [0.15, 0.2) is 24.3 Å². The molecule has 0 fully saturated rings. The summed E-state index contributed by atoms with van der Waals surface area (Å²) in [5, 5.41) is 3.04. The molecule has 4 heteroatoms. The van der Waals surface area contributed by atoms with E-state index in [9.17, 15) is 4.79 Å². The molecule has 108 valence electrons. The van der Waals surface area contributed by atoms with Gasteiger partial charge in [-0.3, -0.25) is 4.79 Å². The van der Waals surface area contributed by atoms with E-state index in [4.69, 9.17) is 5.73 Å². The molecule has 1 aromatic rings. The lowest BCUT2D eigenvalue weighted by atomic mass is 10.0. The fourth-order valence-electron chi connectivity index (χ4n) is 1.83. The van der Waals surface area contributed by atoms with Crippen molar-refractivity contribution in [1.82, 2.24) is 5.32 Å². The van der Waals surface area contributed by atoms with Gasteiger partial charge in [0.15, 0.2) is 0 Å². The molecule has 0 bridgehead atoms. The first kappa shape index (κ1) is 17.8. The average Bonchev–Trinajstić information content (AvgIpc) is 2.36. The number of hydrogen-bond acceptors (Lipinski definition) is 2. The number of benzene rings is 1. The molecule has 2 unspecified atom stereocenters. The molecule has 1 amide bonds. The van der Waals surface area contributed by atoms with Crippen molar-refractivity contribution in [2.24, 2.45) is 5.92 Å². The fraction of sp³-hybridized carbons (Fsp3) is 0.533. The Labute approximate surface area is 122 Å². The molecule has 0 aromatic heterocycles. The van der Waals surface area contributed by atoms with Gasteiger partial charge < -0.3 is 11.1 Å². The monoisotopic (exact) mass is 284 g/mol. The summed E-state index contributed by atoms with van der Waals surface area (Å²) in [5.41, 5.74) is 7.66. The number of hydrogen-bond donors (Lipinski definition) is 2. The van der Waals surface area contributed by atoms with Crippen LogP contribution in [0, 0.1) is 5.92 Å². The number of aryl methyl sites for hydroxylation is 1. The van der Waals surface area contributed by atoms with Gasteiger partial charge in [-0.1, -0.05) is 38.5 Å². The van der Waals surface area contributed by atoms with Crippen LogP contribution in [0.3, 0.4) is 0 Å². The largest absolute Gasteiger partial charge is 0.399 e. The van der Waals surface area contributed by atoms with Gasteiger partial charge in [-0.25, -0.2) is 0 Å². The normalized spacial score (nSPS) is 13.2. The van der Waals surface area contributed by atoms with Crippen molar-refractivity contribution in [3.8, 4) is 0 Å². The number of anilines is 1. The van der Waals surface area contributed by atoms with Gasteiger partial charge in [-0.15, -0.1) is 12.4 Å². The number of para-hydroxylation sites is 1. The highest BCUT2D eigenvalue weighted by atomic mass is 35.5. The van der Waals surface area contributed by atoms with Crippen LogP contribution in [-0.4, -0.2) is 11.9 Å². The molecule has 3 N–H and O–H groups in total. The highest BCUT2D eigenvalue weighted by Gasteiger charge is 2.13. The number of halogens is 1. The van der Waals surface area contributed by atoms with E-state index in [1.165, 1.54) is 0 Å². The van der Waals surface area contributed by atoms with Gasteiger partial charge in [0.1, 0.15) is 0 Å². The highest BCUT2D eigenvalue weighted by molar-refractivity contribution is 5.85. The molecule has 1 aromatic carbocycles. The van der Waals surface area contributed by atoms with Crippen LogP contribution in [0.2, 0.25) is 0 Å². The van der Waals surface area contributed by atoms with Crippen LogP contribution < -0.4 is 11.1 Å². The molecule has 0 aliphatic rings. The van der Waals surface area contributed by atoms with Crippen LogP contribution in [0.25, 0.3) is 0 Å². The molecule has 19 heavy (non-hydrogen) atoms. The quantitative estimate of drug-likeness (QED) is 0.789. The van der Waals surface area contributed by atoms with E-state index in [0.717, 1.165) is 17.7 Å². The molecule has 0 spiro atoms. The predicted molar refractivity (Wildman–Crippen MR) is 83.5 cm³/mol. The second-order valence-corrected chi connectivity index (χ2v) is 4.94. The van der Waals surface area contributed by atoms with E-state index in [2.05, 4.69) is 26.1 Å². The van der Waals surface area contributed by atoms with Crippen LogP contribution in [0.5, 0.6) is 0 Å². The lowest BCUT2D eigenvalue weighted by Gasteiger charge is -2.19. The number of nitrogen functional groups attached to an aromatic ring is 1. The summed E-state index contributed by atoms with van der Waals surface area (Å²) in [7, 11) is 0. The number of nitrogens with two attached hydrogens (primary N) is 1. The maximum Gasteiger partial charge on any atom is 0.220 e. The summed E-state index contributed by atoms with van der Waals surface area (Å²) in [5.74, 6) is 0.613. The van der Waals surface area contributed by atoms with Gasteiger partial charge in [0, 0.05) is 18.2 Å². The van der Waals surface area contributed by atoms with Crippen molar-refractivity contribution in [1.29, 1.82) is 0 Å². The third-order valence-corrected chi connectivity index (χ3v) is 3.56. The molecular weight excluding hydrogens is 260 g/mol. The van der Waals surface area contributed by atoms with Crippen molar-refractivity contribution in [2.45, 2.75) is 46.1 Å². The Hall–Kier alpha value is -1.22. The SMILES string of the molecule is CCC(C)C(C)NC(=O)CCc1ccccc1N.Cl. The summed E-state index contributed by atoms with van der Waals surface area (Å²) in [6.07, 6.45) is 2.27. The minimum atomic E-state index is 0. The van der Waals surface area contributed by atoms with Crippen LogP contribution in [0.4, 0.5) is 5.69 Å². The zero-order valence-electron chi connectivity index (χ0n) is 12.0. The average molecular weight is 285 g/mol. The highest BCUT2D eigenvalue weighted by Crippen LogP contribution is 2.13. The van der Waals surface area contributed by atoms with Crippen LogP contribution in [-0.2, 0) is 11.2 Å². The topological polar surface area (TPSA) is 55.1 Å². The summed E-state index contributed by atoms with van der Waals surface area (Å²) in [6, 6.07) is 7.93. The Morgan fingerprint density at radius 2 is 1.95 bits per heavy atom. The lowest BCUT2D eigenvalue weighted by molar-refractivity contribution is -0.121. The zero-order chi connectivity index (χ0) is 13.5. The van der Waals surface area contributed by atoms with Gasteiger partial charge >= 0.3 is 0 Å². The van der Waals surface area contributed by atoms with Crippen molar-refractivity contribution < 1.29 is 4.79 Å². The van der Waals surface area contributed by atoms with Crippen LogP contribution >= 0.6 is 12.4 Å². The predicted octanol–water partition coefficient (Wildman–Crippen LogP) is 3.17. The van der Waals surface area contributed by atoms with Crippen LogP contribution in [0.1, 0.15) is 39.2 Å². The zero-order valence-corrected chi connectivity index (χ0v) is 12.8. The van der Waals surface area contributed by atoms with Crippen molar-refractivity contribution in [3.05, 3.63) is 29.8 Å². The number of amides is 1. The van der Waals surface area contributed by atoms with E-state index in [1.54, 1.807) is 0 Å². The molecule has 0 saturated heterocycles. The summed E-state index contributed by atoms with van der Waals surface area (Å²) >= 11 is 0. The first-order valence-corrected chi connectivity index (χ1v) is 6.67. The molecule has 0 saturated carbocycles. The first-order chi connectivity index (χ1) is 8.54. The van der Waals surface area contributed by atoms with Gasteiger partial charge in [0.25, 0.3) is 0 Å². The Kier molecular flexibility index (Phi) is 8.24. The number of rotatable bonds is 6. The molecule has 3 nitrogen and oxygen atoms in total. The molecule has 1 rings (SSSR count). The standard InChI is InChI=1S/C15H24N2O.ClH/c1-4-11(2)12(3)17-15(18)10-9-13-7-5-6-8-14(13)16;/h5-8,11-12H,4,9-10,16H2,1-3H3,(H,17,18);1H. The second kappa shape index (κ2) is 8.81. The molecule has 0 aliphatic carbocycles. The summed E-state index contributed by atoms with van der Waals surface area (Å²) in [4.78, 5) is 11.8. The van der Waals surface area contributed by atoms with E-state index < -0.39 is 0 Å². The van der Waals surface area contributed by atoms with Gasteiger partial charge in [0.2, 0.25) is 5.91 Å². The van der Waals surface area contributed by atoms with E-state index in [-0.39, 0.29) is 24.4 Å². The Balaban J connectivity index is 0.00000324. The molecule has 0 radical (unpaired) electrons. The first-order valence-electron chi connectivity index (χ1n) is 6.67. The maximum absolute atomic E-state index is 11.8. The molecule has 2 atom stereocenters. The van der Waals surface area contributed by atoms with Crippen molar-refractivity contribution >= 4 is 24.0 Å². The fourth-order valence-corrected chi connectivity index (χ4v) is 1.83. The molecule has 0 aliphatic heterocycles.